The van der Waals surface area contributed by atoms with Gasteiger partial charge in [-0.05, 0) is 12.8 Å². The minimum absolute atomic E-state index is 0. The van der Waals surface area contributed by atoms with Gasteiger partial charge >= 0.3 is 24.8 Å². The third kappa shape index (κ3) is 5.31. The van der Waals surface area contributed by atoms with E-state index >= 15 is 0 Å². The molecule has 0 fully saturated rings. The van der Waals surface area contributed by atoms with Gasteiger partial charge in [-0.2, -0.15) is 0 Å². The maximum Gasteiger partial charge on any atom is 1.00 e. The zero-order valence-electron chi connectivity index (χ0n) is 8.76. The number of carbonyl (C=O) groups excluding carboxylic acids is 1. The number of nitrogens with two attached hydrogens (primary N) is 1. The molecule has 0 aromatic rings. The van der Waals surface area contributed by atoms with E-state index in [9.17, 15) is 4.79 Å². The minimum Gasteiger partial charge on any atom is -1.00 e. The van der Waals surface area contributed by atoms with Crippen molar-refractivity contribution in [3.05, 3.63) is 0 Å². The largest absolute Gasteiger partial charge is 1.00 e. The van der Waals surface area contributed by atoms with Gasteiger partial charge in [-0.3, -0.25) is 4.79 Å². The number of rotatable bonds is 3. The average molecular weight is 153 g/mol. The Bertz CT molecular complexity index is 122. The van der Waals surface area contributed by atoms with Gasteiger partial charge < -0.3 is 11.9 Å². The first-order valence-electron chi connectivity index (χ1n) is 3.51. The standard InChI is InChI=1S/C7H15NO2.Li.H/c1-4-10-7(9)6(8)5(2)3;;/h5-6H,4,8H2,1-3H3;;/q;+1;-1/t6-;;/m0../s1. The van der Waals surface area contributed by atoms with Crippen molar-refractivity contribution >= 4 is 5.97 Å². The molecule has 0 saturated carbocycles. The van der Waals surface area contributed by atoms with Crippen molar-refractivity contribution in [2.75, 3.05) is 6.61 Å². The Morgan fingerprint density at radius 2 is 2.09 bits per heavy atom. The molecule has 0 bridgehead atoms. The summed E-state index contributed by atoms with van der Waals surface area (Å²) in [6.07, 6.45) is 0. The molecule has 1 atom stereocenters. The van der Waals surface area contributed by atoms with E-state index in [0.29, 0.717) is 6.61 Å². The summed E-state index contributed by atoms with van der Waals surface area (Å²) >= 11 is 0. The summed E-state index contributed by atoms with van der Waals surface area (Å²) in [5.74, 6) is -0.156. The van der Waals surface area contributed by atoms with E-state index in [1.165, 1.54) is 0 Å². The Labute approximate surface area is 81.3 Å². The van der Waals surface area contributed by atoms with Gasteiger partial charge in [0.15, 0.2) is 0 Å². The molecule has 0 aliphatic rings. The molecule has 0 aliphatic heterocycles. The zero-order chi connectivity index (χ0) is 8.15. The first-order chi connectivity index (χ1) is 4.59. The van der Waals surface area contributed by atoms with Crippen LogP contribution in [0.4, 0.5) is 0 Å². The van der Waals surface area contributed by atoms with E-state index in [1.807, 2.05) is 13.8 Å². The van der Waals surface area contributed by atoms with Gasteiger partial charge in [-0.15, -0.1) is 0 Å². The Hall–Kier alpha value is 0.0274. The van der Waals surface area contributed by atoms with Crippen LogP contribution >= 0.6 is 0 Å². The molecule has 3 nitrogen and oxygen atoms in total. The van der Waals surface area contributed by atoms with Crippen LogP contribution in [0.2, 0.25) is 0 Å². The maximum atomic E-state index is 10.8. The Morgan fingerprint density at radius 3 is 2.36 bits per heavy atom. The fourth-order valence-electron chi connectivity index (χ4n) is 0.511. The third-order valence-electron chi connectivity index (χ3n) is 1.28. The summed E-state index contributed by atoms with van der Waals surface area (Å²) in [6, 6.07) is -0.472. The van der Waals surface area contributed by atoms with Crippen LogP contribution in [-0.4, -0.2) is 18.6 Å². The number of ether oxygens (including phenoxy) is 1. The smallest absolute Gasteiger partial charge is 1.00 e. The van der Waals surface area contributed by atoms with Gasteiger partial charge in [0.1, 0.15) is 6.04 Å². The molecule has 2 N–H and O–H groups in total. The SMILES string of the molecule is CCOC(=O)[C@@H](N)C(C)C.[H-].[Li+]. The molecule has 0 radical (unpaired) electrons. The van der Waals surface area contributed by atoms with Gasteiger partial charge in [-0.25, -0.2) is 0 Å². The molecule has 0 aromatic carbocycles. The van der Waals surface area contributed by atoms with Crippen LogP contribution in [0.25, 0.3) is 0 Å². The molecule has 11 heavy (non-hydrogen) atoms. The van der Waals surface area contributed by atoms with Crippen molar-refractivity contribution in [3.8, 4) is 0 Å². The van der Waals surface area contributed by atoms with Crippen molar-refractivity contribution in [3.63, 3.8) is 0 Å². The van der Waals surface area contributed by atoms with Crippen molar-refractivity contribution in [2.45, 2.75) is 26.8 Å². The zero-order valence-corrected chi connectivity index (χ0v) is 7.76. The van der Waals surface area contributed by atoms with E-state index in [0.717, 1.165) is 0 Å². The van der Waals surface area contributed by atoms with Gasteiger partial charge in [0, 0.05) is 0 Å². The molecular formula is C7H16LiNO2. The van der Waals surface area contributed by atoms with Crippen LogP contribution in [0.15, 0.2) is 0 Å². The maximum absolute atomic E-state index is 10.8. The summed E-state index contributed by atoms with van der Waals surface area (Å²) in [4.78, 5) is 10.8. The van der Waals surface area contributed by atoms with Crippen LogP contribution < -0.4 is 24.6 Å². The summed E-state index contributed by atoms with van der Waals surface area (Å²) in [5, 5.41) is 0. The van der Waals surface area contributed by atoms with Gasteiger partial charge in [0.25, 0.3) is 0 Å². The Balaban J connectivity index is -0.000000405. The van der Waals surface area contributed by atoms with Gasteiger partial charge in [0.05, 0.1) is 6.61 Å². The molecule has 0 heterocycles. The van der Waals surface area contributed by atoms with E-state index in [-0.39, 0.29) is 32.2 Å². The quantitative estimate of drug-likeness (QED) is 0.365. The van der Waals surface area contributed by atoms with Gasteiger partial charge in [0.2, 0.25) is 0 Å². The molecule has 4 heteroatoms. The number of hydrogen-bond donors (Lipinski definition) is 1. The predicted molar refractivity (Wildman–Crippen MR) is 40.6 cm³/mol. The number of carbonyl (C=O) groups is 1. The normalized spacial score (nSPS) is 12.1. The van der Waals surface area contributed by atoms with Crippen molar-refractivity contribution in [1.29, 1.82) is 0 Å². The number of hydrogen-bond acceptors (Lipinski definition) is 3. The van der Waals surface area contributed by atoms with Crippen molar-refractivity contribution in [2.24, 2.45) is 11.7 Å². The van der Waals surface area contributed by atoms with Crippen LogP contribution in [0.3, 0.4) is 0 Å². The molecule has 0 saturated heterocycles. The molecule has 0 amide bonds. The molecule has 62 valence electrons. The van der Waals surface area contributed by atoms with Crippen LogP contribution in [0.5, 0.6) is 0 Å². The van der Waals surface area contributed by atoms with E-state index < -0.39 is 6.04 Å². The third-order valence-corrected chi connectivity index (χ3v) is 1.28. The van der Waals surface area contributed by atoms with E-state index in [4.69, 9.17) is 10.5 Å². The second-order valence-corrected chi connectivity index (χ2v) is 2.52. The molecular weight excluding hydrogens is 137 g/mol. The first-order valence-corrected chi connectivity index (χ1v) is 3.51. The molecule has 0 rings (SSSR count). The molecule has 0 unspecified atom stereocenters. The van der Waals surface area contributed by atoms with Crippen LogP contribution in [-0.2, 0) is 9.53 Å². The fraction of sp³-hybridized carbons (Fsp3) is 0.857. The van der Waals surface area contributed by atoms with E-state index in [1.54, 1.807) is 6.92 Å². The second kappa shape index (κ2) is 6.72. The fourth-order valence-corrected chi connectivity index (χ4v) is 0.511. The van der Waals surface area contributed by atoms with Crippen molar-refractivity contribution < 1.29 is 29.8 Å². The molecule has 0 aromatic heterocycles. The monoisotopic (exact) mass is 153 g/mol. The van der Waals surface area contributed by atoms with Crippen LogP contribution in [0, 0.1) is 5.92 Å². The van der Waals surface area contributed by atoms with Crippen molar-refractivity contribution in [1.82, 2.24) is 0 Å². The topological polar surface area (TPSA) is 52.3 Å². The van der Waals surface area contributed by atoms with E-state index in [2.05, 4.69) is 0 Å². The number of esters is 1. The summed E-state index contributed by atoms with van der Waals surface area (Å²) in [7, 11) is 0. The summed E-state index contributed by atoms with van der Waals surface area (Å²) < 4.78 is 4.70. The summed E-state index contributed by atoms with van der Waals surface area (Å²) in [6.45, 7) is 5.95. The predicted octanol–water partition coefficient (Wildman–Crippen LogP) is -2.35. The second-order valence-electron chi connectivity index (χ2n) is 2.52. The average Bonchev–Trinajstić information content (AvgIpc) is 1.87. The Kier molecular flexibility index (Phi) is 8.31. The van der Waals surface area contributed by atoms with Gasteiger partial charge in [-0.1, -0.05) is 13.8 Å². The molecule has 0 spiro atoms. The minimum atomic E-state index is -0.472. The van der Waals surface area contributed by atoms with Crippen LogP contribution in [0.1, 0.15) is 22.2 Å². The first kappa shape index (κ1) is 13.6. The Morgan fingerprint density at radius 1 is 1.64 bits per heavy atom. The summed E-state index contributed by atoms with van der Waals surface area (Å²) in [5.41, 5.74) is 5.47. The molecule has 0 aliphatic carbocycles.